The number of nitrogens with two attached hydrogens (primary N) is 2. The standard InChI is InChI=1S/C7H9N3O/c1-4-2-5(7(9)11)6(8)3-10-4/h2-3H,8H2,1H3,(H2,9,11). The number of carbonyl (C=O) groups excluding carboxylic acids is 1. The lowest BCUT2D eigenvalue weighted by Gasteiger charge is -2.00. The summed E-state index contributed by atoms with van der Waals surface area (Å²) in [7, 11) is 0. The molecule has 4 nitrogen and oxygen atoms in total. The number of rotatable bonds is 1. The number of aromatic nitrogens is 1. The van der Waals surface area contributed by atoms with Crippen LogP contribution in [0.25, 0.3) is 0 Å². The molecule has 0 saturated carbocycles. The largest absolute Gasteiger partial charge is 0.397 e. The molecule has 4 N–H and O–H groups in total. The van der Waals surface area contributed by atoms with E-state index in [0.717, 1.165) is 5.69 Å². The van der Waals surface area contributed by atoms with Crippen LogP contribution in [0.15, 0.2) is 12.3 Å². The Bertz CT molecular complexity index is 296. The van der Waals surface area contributed by atoms with Gasteiger partial charge in [0.2, 0.25) is 0 Å². The highest BCUT2D eigenvalue weighted by molar-refractivity contribution is 5.97. The van der Waals surface area contributed by atoms with Crippen molar-refractivity contribution in [1.29, 1.82) is 0 Å². The Balaban J connectivity index is 3.23. The van der Waals surface area contributed by atoms with Gasteiger partial charge in [0, 0.05) is 5.69 Å². The van der Waals surface area contributed by atoms with E-state index < -0.39 is 5.91 Å². The maximum absolute atomic E-state index is 10.7. The molecule has 0 aliphatic heterocycles. The lowest BCUT2D eigenvalue weighted by Crippen LogP contribution is -2.14. The van der Waals surface area contributed by atoms with E-state index in [2.05, 4.69) is 4.98 Å². The van der Waals surface area contributed by atoms with Gasteiger partial charge in [0.1, 0.15) is 0 Å². The number of hydrogen-bond acceptors (Lipinski definition) is 3. The van der Waals surface area contributed by atoms with Crippen LogP contribution in [0.3, 0.4) is 0 Å². The molecule has 0 unspecified atom stereocenters. The number of aryl methyl sites for hydroxylation is 1. The first kappa shape index (κ1) is 7.53. The number of primary amides is 1. The van der Waals surface area contributed by atoms with Crippen molar-refractivity contribution in [2.75, 3.05) is 5.73 Å². The summed E-state index contributed by atoms with van der Waals surface area (Å²) in [4.78, 5) is 14.6. The van der Waals surface area contributed by atoms with Gasteiger partial charge in [-0.05, 0) is 13.0 Å². The van der Waals surface area contributed by atoms with Crippen molar-refractivity contribution in [3.8, 4) is 0 Å². The van der Waals surface area contributed by atoms with Gasteiger partial charge >= 0.3 is 0 Å². The van der Waals surface area contributed by atoms with Gasteiger partial charge in [-0.15, -0.1) is 0 Å². The van der Waals surface area contributed by atoms with Gasteiger partial charge in [0.25, 0.3) is 5.91 Å². The highest BCUT2D eigenvalue weighted by atomic mass is 16.1. The van der Waals surface area contributed by atoms with Crippen LogP contribution in [0.4, 0.5) is 5.69 Å². The number of carbonyl (C=O) groups is 1. The minimum atomic E-state index is -0.520. The Labute approximate surface area is 64.2 Å². The average Bonchev–Trinajstić information content (AvgIpc) is 1.94. The normalized spacial score (nSPS) is 9.55. The third-order valence-electron chi connectivity index (χ3n) is 1.34. The topological polar surface area (TPSA) is 82.0 Å². The van der Waals surface area contributed by atoms with Gasteiger partial charge in [-0.3, -0.25) is 9.78 Å². The third kappa shape index (κ3) is 1.46. The molecular weight excluding hydrogens is 142 g/mol. The third-order valence-corrected chi connectivity index (χ3v) is 1.34. The van der Waals surface area contributed by atoms with Crippen LogP contribution in [0, 0.1) is 6.92 Å². The fourth-order valence-electron chi connectivity index (χ4n) is 0.784. The lowest BCUT2D eigenvalue weighted by atomic mass is 10.2. The molecule has 1 heterocycles. The average molecular weight is 151 g/mol. The van der Waals surface area contributed by atoms with E-state index >= 15 is 0 Å². The minimum absolute atomic E-state index is 0.322. The van der Waals surface area contributed by atoms with E-state index in [1.807, 2.05) is 0 Å². The number of hydrogen-bond donors (Lipinski definition) is 2. The van der Waals surface area contributed by atoms with Crippen molar-refractivity contribution >= 4 is 11.6 Å². The minimum Gasteiger partial charge on any atom is -0.397 e. The van der Waals surface area contributed by atoms with Gasteiger partial charge in [0.05, 0.1) is 17.4 Å². The predicted octanol–water partition coefficient (Wildman–Crippen LogP) is 0.0711. The molecule has 0 radical (unpaired) electrons. The second-order valence-corrected chi connectivity index (χ2v) is 2.28. The second kappa shape index (κ2) is 2.57. The van der Waals surface area contributed by atoms with Gasteiger partial charge in [-0.2, -0.15) is 0 Å². The molecule has 1 aromatic rings. The molecule has 0 fully saturated rings. The van der Waals surface area contributed by atoms with Crippen molar-refractivity contribution in [3.05, 3.63) is 23.5 Å². The molecule has 0 saturated heterocycles. The highest BCUT2D eigenvalue weighted by Gasteiger charge is 2.04. The second-order valence-electron chi connectivity index (χ2n) is 2.28. The lowest BCUT2D eigenvalue weighted by molar-refractivity contribution is 0.100. The summed E-state index contributed by atoms with van der Waals surface area (Å²) in [6.45, 7) is 1.77. The van der Waals surface area contributed by atoms with E-state index in [9.17, 15) is 4.79 Å². The number of pyridine rings is 1. The Kier molecular flexibility index (Phi) is 1.76. The molecule has 0 aliphatic carbocycles. The maximum atomic E-state index is 10.7. The Morgan fingerprint density at radius 1 is 1.64 bits per heavy atom. The van der Waals surface area contributed by atoms with Crippen LogP contribution >= 0.6 is 0 Å². The van der Waals surface area contributed by atoms with Crippen LogP contribution in [0.2, 0.25) is 0 Å². The first-order chi connectivity index (χ1) is 5.11. The molecule has 0 aliphatic rings. The molecule has 0 spiro atoms. The zero-order valence-corrected chi connectivity index (χ0v) is 6.16. The molecule has 4 heteroatoms. The molecule has 1 rings (SSSR count). The predicted molar refractivity (Wildman–Crippen MR) is 41.9 cm³/mol. The quantitative estimate of drug-likeness (QED) is 0.595. The molecule has 0 atom stereocenters. The fraction of sp³-hybridized carbons (Fsp3) is 0.143. The highest BCUT2D eigenvalue weighted by Crippen LogP contribution is 2.09. The molecule has 1 aromatic heterocycles. The van der Waals surface area contributed by atoms with Crippen LogP contribution in [-0.2, 0) is 0 Å². The van der Waals surface area contributed by atoms with Crippen molar-refractivity contribution in [2.24, 2.45) is 5.73 Å². The van der Waals surface area contributed by atoms with Crippen LogP contribution < -0.4 is 11.5 Å². The number of nitrogen functional groups attached to an aromatic ring is 1. The van der Waals surface area contributed by atoms with Crippen molar-refractivity contribution in [2.45, 2.75) is 6.92 Å². The molecule has 0 bridgehead atoms. The first-order valence-corrected chi connectivity index (χ1v) is 3.13. The van der Waals surface area contributed by atoms with Crippen LogP contribution in [0.1, 0.15) is 16.1 Å². The van der Waals surface area contributed by atoms with Gasteiger partial charge in [-0.1, -0.05) is 0 Å². The summed E-state index contributed by atoms with van der Waals surface area (Å²) in [5.74, 6) is -0.520. The molecule has 1 amide bonds. The van der Waals surface area contributed by atoms with E-state index in [1.54, 1.807) is 13.0 Å². The monoisotopic (exact) mass is 151 g/mol. The zero-order chi connectivity index (χ0) is 8.43. The van der Waals surface area contributed by atoms with E-state index in [0.29, 0.717) is 11.3 Å². The summed E-state index contributed by atoms with van der Waals surface area (Å²) < 4.78 is 0. The van der Waals surface area contributed by atoms with Crippen LogP contribution in [-0.4, -0.2) is 10.9 Å². The fourth-order valence-corrected chi connectivity index (χ4v) is 0.784. The number of nitrogens with zero attached hydrogens (tertiary/aromatic N) is 1. The Hall–Kier alpha value is -1.58. The van der Waals surface area contributed by atoms with E-state index in [1.165, 1.54) is 6.20 Å². The summed E-state index contributed by atoms with van der Waals surface area (Å²) in [6, 6.07) is 1.57. The maximum Gasteiger partial charge on any atom is 0.250 e. The van der Waals surface area contributed by atoms with E-state index in [-0.39, 0.29) is 0 Å². The number of amides is 1. The summed E-state index contributed by atoms with van der Waals surface area (Å²) in [5.41, 5.74) is 11.8. The first-order valence-electron chi connectivity index (χ1n) is 3.13. The summed E-state index contributed by atoms with van der Waals surface area (Å²) in [5, 5.41) is 0. The molecule has 0 aromatic carbocycles. The van der Waals surface area contributed by atoms with Crippen molar-refractivity contribution in [1.82, 2.24) is 4.98 Å². The Morgan fingerprint density at radius 3 is 2.73 bits per heavy atom. The van der Waals surface area contributed by atoms with Crippen molar-refractivity contribution < 1.29 is 4.79 Å². The van der Waals surface area contributed by atoms with Gasteiger partial charge < -0.3 is 11.5 Å². The zero-order valence-electron chi connectivity index (χ0n) is 6.16. The molecular formula is C7H9N3O. The van der Waals surface area contributed by atoms with Gasteiger partial charge in [-0.25, -0.2) is 0 Å². The Morgan fingerprint density at radius 2 is 2.27 bits per heavy atom. The van der Waals surface area contributed by atoms with Gasteiger partial charge in [0.15, 0.2) is 0 Å². The van der Waals surface area contributed by atoms with Crippen LogP contribution in [0.5, 0.6) is 0 Å². The SMILES string of the molecule is Cc1cc(C(N)=O)c(N)cn1. The van der Waals surface area contributed by atoms with E-state index in [4.69, 9.17) is 11.5 Å². The van der Waals surface area contributed by atoms with Crippen molar-refractivity contribution in [3.63, 3.8) is 0 Å². The molecule has 58 valence electrons. The summed E-state index contributed by atoms with van der Waals surface area (Å²) >= 11 is 0. The smallest absolute Gasteiger partial charge is 0.250 e. The number of anilines is 1. The summed E-state index contributed by atoms with van der Waals surface area (Å²) in [6.07, 6.45) is 1.43. The molecule has 11 heavy (non-hydrogen) atoms.